The number of unbranched alkanes of at least 4 members (excludes halogenated alkanes) is 1. The molecule has 0 fully saturated rings. The van der Waals surface area contributed by atoms with E-state index in [1.807, 2.05) is 44.3 Å². The number of nitrogens with one attached hydrogen (secondary N) is 3. The monoisotopic (exact) mass is 445 g/mol. The van der Waals surface area contributed by atoms with Crippen LogP contribution < -0.4 is 22.1 Å². The number of aromatic nitrogens is 1. The van der Waals surface area contributed by atoms with E-state index in [0.717, 1.165) is 16.5 Å². The van der Waals surface area contributed by atoms with E-state index in [2.05, 4.69) is 15.6 Å². The third kappa shape index (κ3) is 7.35. The number of hydrogen-bond donors (Lipinski definition) is 6. The summed E-state index contributed by atoms with van der Waals surface area (Å²) >= 11 is 0. The Morgan fingerprint density at radius 2 is 1.75 bits per heavy atom. The maximum Gasteiger partial charge on any atom is 0.326 e. The summed E-state index contributed by atoms with van der Waals surface area (Å²) in [6, 6.07) is 4.99. The fourth-order valence-corrected chi connectivity index (χ4v) is 3.63. The molecule has 176 valence electrons. The predicted octanol–water partition coefficient (Wildman–Crippen LogP) is 1.27. The summed E-state index contributed by atoms with van der Waals surface area (Å²) in [6.45, 7) is 4.31. The molecular formula is C23H35N5O4. The van der Waals surface area contributed by atoms with Crippen molar-refractivity contribution >= 4 is 28.7 Å². The number of aromatic amines is 1. The van der Waals surface area contributed by atoms with Crippen LogP contribution in [0.4, 0.5) is 0 Å². The van der Waals surface area contributed by atoms with Gasteiger partial charge in [0.1, 0.15) is 12.1 Å². The van der Waals surface area contributed by atoms with Crippen LogP contribution in [-0.4, -0.2) is 52.5 Å². The van der Waals surface area contributed by atoms with Gasteiger partial charge in [-0.15, -0.1) is 0 Å². The highest BCUT2D eigenvalue weighted by molar-refractivity contribution is 5.92. The number of rotatable bonds is 13. The average molecular weight is 446 g/mol. The van der Waals surface area contributed by atoms with Gasteiger partial charge in [0, 0.05) is 17.1 Å². The van der Waals surface area contributed by atoms with Crippen LogP contribution in [0.25, 0.3) is 10.9 Å². The molecule has 3 atom stereocenters. The minimum absolute atomic E-state index is 0.108. The highest BCUT2D eigenvalue weighted by Gasteiger charge is 2.28. The molecule has 0 aliphatic carbocycles. The van der Waals surface area contributed by atoms with Crippen LogP contribution in [-0.2, 0) is 20.8 Å². The molecular weight excluding hydrogens is 410 g/mol. The van der Waals surface area contributed by atoms with Crippen LogP contribution in [0, 0.1) is 5.92 Å². The topological polar surface area (TPSA) is 163 Å². The number of fused-ring (bicyclic) bond motifs is 1. The minimum Gasteiger partial charge on any atom is -0.480 e. The van der Waals surface area contributed by atoms with Gasteiger partial charge in [0.15, 0.2) is 0 Å². The van der Waals surface area contributed by atoms with Gasteiger partial charge in [-0.25, -0.2) is 4.79 Å². The van der Waals surface area contributed by atoms with E-state index >= 15 is 0 Å². The van der Waals surface area contributed by atoms with Crippen molar-refractivity contribution in [3.8, 4) is 0 Å². The molecule has 9 nitrogen and oxygen atoms in total. The fourth-order valence-electron chi connectivity index (χ4n) is 3.63. The first-order valence-electron chi connectivity index (χ1n) is 11.1. The number of amides is 2. The lowest BCUT2D eigenvalue weighted by Gasteiger charge is -2.24. The lowest BCUT2D eigenvalue weighted by atomic mass is 10.0. The van der Waals surface area contributed by atoms with Crippen LogP contribution in [0.2, 0.25) is 0 Å². The second-order valence-electron chi connectivity index (χ2n) is 8.54. The van der Waals surface area contributed by atoms with E-state index in [1.54, 1.807) is 0 Å². The lowest BCUT2D eigenvalue weighted by Crippen LogP contribution is -2.55. The van der Waals surface area contributed by atoms with Gasteiger partial charge in [-0.05, 0) is 56.2 Å². The second kappa shape index (κ2) is 12.2. The summed E-state index contributed by atoms with van der Waals surface area (Å²) in [5, 5.41) is 15.7. The predicted molar refractivity (Wildman–Crippen MR) is 124 cm³/mol. The quantitative estimate of drug-likeness (QED) is 0.254. The molecule has 1 aromatic carbocycles. The molecule has 0 aliphatic heterocycles. The van der Waals surface area contributed by atoms with Gasteiger partial charge in [-0.1, -0.05) is 32.0 Å². The molecule has 32 heavy (non-hydrogen) atoms. The van der Waals surface area contributed by atoms with Crippen molar-refractivity contribution in [2.24, 2.45) is 17.4 Å². The third-order valence-corrected chi connectivity index (χ3v) is 5.35. The summed E-state index contributed by atoms with van der Waals surface area (Å²) < 4.78 is 0. The largest absolute Gasteiger partial charge is 0.480 e. The molecule has 8 N–H and O–H groups in total. The van der Waals surface area contributed by atoms with Crippen LogP contribution in [0.5, 0.6) is 0 Å². The minimum atomic E-state index is -1.11. The SMILES string of the molecule is CC(C)C[C@H](NC(=O)[C@@H](N)Cc1c[nH]c2ccccc12)C(=O)N[C@@H](CCCCN)C(=O)O. The number of carboxylic acids is 1. The van der Waals surface area contributed by atoms with Gasteiger partial charge in [-0.3, -0.25) is 9.59 Å². The molecule has 2 amide bonds. The Morgan fingerprint density at radius 3 is 2.41 bits per heavy atom. The number of carbonyl (C=O) groups is 3. The van der Waals surface area contributed by atoms with Crippen molar-refractivity contribution in [2.45, 2.75) is 64.1 Å². The zero-order valence-electron chi connectivity index (χ0n) is 18.8. The van der Waals surface area contributed by atoms with E-state index in [4.69, 9.17) is 11.5 Å². The molecule has 0 saturated heterocycles. The third-order valence-electron chi connectivity index (χ3n) is 5.35. The first-order valence-corrected chi connectivity index (χ1v) is 11.1. The Kier molecular flexibility index (Phi) is 9.67. The van der Waals surface area contributed by atoms with Crippen LogP contribution in [0.15, 0.2) is 30.5 Å². The normalized spacial score (nSPS) is 14.2. The van der Waals surface area contributed by atoms with Crippen molar-refractivity contribution in [2.75, 3.05) is 6.54 Å². The zero-order valence-corrected chi connectivity index (χ0v) is 18.8. The van der Waals surface area contributed by atoms with E-state index in [9.17, 15) is 19.5 Å². The van der Waals surface area contributed by atoms with Gasteiger partial charge in [0.25, 0.3) is 0 Å². The molecule has 2 rings (SSSR count). The number of carbonyl (C=O) groups excluding carboxylic acids is 2. The van der Waals surface area contributed by atoms with Crippen LogP contribution >= 0.6 is 0 Å². The number of nitrogens with two attached hydrogens (primary N) is 2. The van der Waals surface area contributed by atoms with Crippen molar-refractivity contribution in [3.63, 3.8) is 0 Å². The maximum atomic E-state index is 12.8. The second-order valence-corrected chi connectivity index (χ2v) is 8.54. The average Bonchev–Trinajstić information content (AvgIpc) is 3.14. The van der Waals surface area contributed by atoms with Gasteiger partial charge in [0.05, 0.1) is 6.04 Å². The first-order chi connectivity index (χ1) is 15.2. The maximum absolute atomic E-state index is 12.8. The summed E-state index contributed by atoms with van der Waals surface area (Å²) in [6.07, 6.45) is 4.05. The Labute approximate surface area is 188 Å². The van der Waals surface area contributed by atoms with Crippen LogP contribution in [0.1, 0.15) is 45.1 Å². The first kappa shape index (κ1) is 25.4. The highest BCUT2D eigenvalue weighted by Crippen LogP contribution is 2.19. The molecule has 1 heterocycles. The fraction of sp³-hybridized carbons (Fsp3) is 0.522. The Hall–Kier alpha value is -2.91. The molecule has 0 bridgehead atoms. The Bertz CT molecular complexity index is 911. The van der Waals surface area contributed by atoms with Crippen molar-refractivity contribution < 1.29 is 19.5 Å². The molecule has 0 spiro atoms. The van der Waals surface area contributed by atoms with Gasteiger partial charge < -0.3 is 32.2 Å². The summed E-state index contributed by atoms with van der Waals surface area (Å²) in [4.78, 5) is 40.3. The number of H-pyrrole nitrogens is 1. The van der Waals surface area contributed by atoms with Crippen molar-refractivity contribution in [3.05, 3.63) is 36.0 Å². The van der Waals surface area contributed by atoms with Crippen LogP contribution in [0.3, 0.4) is 0 Å². The Balaban J connectivity index is 2.03. The number of aliphatic carboxylic acids is 1. The molecule has 0 radical (unpaired) electrons. The lowest BCUT2D eigenvalue weighted by molar-refractivity contribution is -0.142. The molecule has 2 aromatic rings. The smallest absolute Gasteiger partial charge is 0.326 e. The number of benzene rings is 1. The molecule has 0 aliphatic rings. The van der Waals surface area contributed by atoms with E-state index in [1.165, 1.54) is 0 Å². The zero-order chi connectivity index (χ0) is 23.7. The standard InChI is InChI=1S/C23H35N5O4/c1-14(2)11-20(22(30)27-19(23(31)32)9-5-6-10-24)28-21(29)17(25)12-15-13-26-18-8-4-3-7-16(15)18/h3-4,7-8,13-14,17,19-20,26H,5-6,9-12,24-25H2,1-2H3,(H,27,30)(H,28,29)(H,31,32)/t17-,19-,20-/m0/s1. The molecule has 0 unspecified atom stereocenters. The molecule has 9 heteroatoms. The van der Waals surface area contributed by atoms with E-state index < -0.39 is 35.9 Å². The molecule has 0 saturated carbocycles. The van der Waals surface area contributed by atoms with Crippen molar-refractivity contribution in [1.82, 2.24) is 15.6 Å². The van der Waals surface area contributed by atoms with Crippen molar-refractivity contribution in [1.29, 1.82) is 0 Å². The van der Waals surface area contributed by atoms with Gasteiger partial charge in [0.2, 0.25) is 11.8 Å². The van der Waals surface area contributed by atoms with E-state index in [0.29, 0.717) is 32.2 Å². The summed E-state index contributed by atoms with van der Waals surface area (Å²) in [5.41, 5.74) is 13.5. The highest BCUT2D eigenvalue weighted by atomic mass is 16.4. The summed E-state index contributed by atoms with van der Waals surface area (Å²) in [7, 11) is 0. The summed E-state index contributed by atoms with van der Waals surface area (Å²) in [5.74, 6) is -1.98. The van der Waals surface area contributed by atoms with E-state index in [-0.39, 0.29) is 12.3 Å². The van der Waals surface area contributed by atoms with Gasteiger partial charge in [-0.2, -0.15) is 0 Å². The Morgan fingerprint density at radius 1 is 1.06 bits per heavy atom. The number of carboxylic acid groups (broad SMARTS) is 1. The number of hydrogen-bond acceptors (Lipinski definition) is 5. The van der Waals surface area contributed by atoms with Gasteiger partial charge >= 0.3 is 5.97 Å². The molecule has 1 aromatic heterocycles. The number of para-hydroxylation sites is 1.